The van der Waals surface area contributed by atoms with E-state index in [1.54, 1.807) is 6.07 Å². The van der Waals surface area contributed by atoms with E-state index in [0.29, 0.717) is 24.4 Å². The number of rotatable bonds is 9. The smallest absolute Gasteiger partial charge is 0.323 e. The number of hydrogen-bond donors (Lipinski definition) is 1. The molecule has 1 aliphatic heterocycles. The highest BCUT2D eigenvalue weighted by Gasteiger charge is 2.35. The second-order valence-corrected chi connectivity index (χ2v) is 9.20. The molecule has 1 amide bonds. The Morgan fingerprint density at radius 3 is 2.42 bits per heavy atom. The molecule has 0 unspecified atom stereocenters. The second kappa shape index (κ2) is 9.54. The molecule has 31 heavy (non-hydrogen) atoms. The van der Waals surface area contributed by atoms with Crippen LogP contribution in [-0.4, -0.2) is 40.6 Å². The summed E-state index contributed by atoms with van der Waals surface area (Å²) in [5, 5.41) is 9.23. The summed E-state index contributed by atoms with van der Waals surface area (Å²) in [4.78, 5) is 25.7. The zero-order valence-electron chi connectivity index (χ0n) is 19.0. The largest absolute Gasteiger partial charge is 0.487 e. The van der Waals surface area contributed by atoms with Gasteiger partial charge in [-0.2, -0.15) is 0 Å². The molecule has 2 aromatic carbocycles. The normalized spacial score (nSPS) is 17.3. The first-order valence-electron chi connectivity index (χ1n) is 11.1. The lowest BCUT2D eigenvalue weighted by Gasteiger charge is -2.24. The Labute approximate surface area is 185 Å². The molecule has 0 radical (unpaired) electrons. The van der Waals surface area contributed by atoms with Crippen LogP contribution in [0.1, 0.15) is 61.2 Å². The van der Waals surface area contributed by atoms with Crippen LogP contribution in [0, 0.1) is 5.92 Å². The quantitative estimate of drug-likeness (QED) is 0.632. The molecule has 0 saturated carbocycles. The average Bonchev–Trinajstić information content (AvgIpc) is 3.05. The maximum atomic E-state index is 13.0. The number of carbonyl (C=O) groups is 2. The fourth-order valence-electron chi connectivity index (χ4n) is 4.09. The van der Waals surface area contributed by atoms with E-state index in [1.165, 1.54) is 16.0 Å². The van der Waals surface area contributed by atoms with Crippen molar-refractivity contribution in [3.63, 3.8) is 0 Å². The van der Waals surface area contributed by atoms with Crippen LogP contribution in [0.15, 0.2) is 42.5 Å². The fourth-order valence-corrected chi connectivity index (χ4v) is 4.09. The number of hydrogen-bond acceptors (Lipinski definition) is 3. The molecule has 1 N–H and O–H groups in total. The summed E-state index contributed by atoms with van der Waals surface area (Å²) in [5.74, 6) is -0.0429. The van der Waals surface area contributed by atoms with Gasteiger partial charge in [0.2, 0.25) is 0 Å². The van der Waals surface area contributed by atoms with Gasteiger partial charge in [0, 0.05) is 24.9 Å². The highest BCUT2D eigenvalue weighted by molar-refractivity contribution is 5.96. The van der Waals surface area contributed by atoms with Crippen molar-refractivity contribution in [2.75, 3.05) is 13.1 Å². The lowest BCUT2D eigenvalue weighted by atomic mass is 9.91. The number of aryl methyl sites for hydroxylation is 1. The maximum absolute atomic E-state index is 13.0. The molecule has 0 fully saturated rings. The van der Waals surface area contributed by atoms with Crippen LogP contribution >= 0.6 is 0 Å². The zero-order valence-corrected chi connectivity index (χ0v) is 19.0. The molecule has 0 aliphatic carbocycles. The maximum Gasteiger partial charge on any atom is 0.323 e. The zero-order chi connectivity index (χ0) is 22.6. The van der Waals surface area contributed by atoms with Crippen molar-refractivity contribution < 1.29 is 19.4 Å². The number of carboxylic acids is 1. The molecule has 1 atom stereocenters. The fraction of sp³-hybridized carbons (Fsp3) is 0.462. The van der Waals surface area contributed by atoms with Crippen LogP contribution in [0.3, 0.4) is 0 Å². The van der Waals surface area contributed by atoms with Gasteiger partial charge in [-0.3, -0.25) is 9.59 Å². The summed E-state index contributed by atoms with van der Waals surface area (Å²) in [5.41, 5.74) is 3.69. The summed E-state index contributed by atoms with van der Waals surface area (Å²) in [7, 11) is 0. The van der Waals surface area contributed by atoms with E-state index in [2.05, 4.69) is 52.0 Å². The topological polar surface area (TPSA) is 66.8 Å². The third-order valence-electron chi connectivity index (χ3n) is 5.83. The molecule has 2 aromatic rings. The van der Waals surface area contributed by atoms with E-state index in [0.717, 1.165) is 30.6 Å². The van der Waals surface area contributed by atoms with E-state index in [-0.39, 0.29) is 18.1 Å². The van der Waals surface area contributed by atoms with Gasteiger partial charge in [0.1, 0.15) is 17.9 Å². The molecule has 1 aliphatic rings. The summed E-state index contributed by atoms with van der Waals surface area (Å²) < 4.78 is 6.27. The lowest BCUT2D eigenvalue weighted by Crippen LogP contribution is -2.37. The van der Waals surface area contributed by atoms with E-state index in [1.807, 2.05) is 12.1 Å². The van der Waals surface area contributed by atoms with Gasteiger partial charge >= 0.3 is 5.97 Å². The van der Waals surface area contributed by atoms with Crippen LogP contribution in [0.4, 0.5) is 0 Å². The number of amides is 1. The third kappa shape index (κ3) is 5.87. The van der Waals surface area contributed by atoms with Crippen molar-refractivity contribution >= 4 is 11.9 Å². The Balaban J connectivity index is 1.74. The second-order valence-electron chi connectivity index (χ2n) is 9.20. The Bertz CT molecular complexity index is 935. The number of benzene rings is 2. The van der Waals surface area contributed by atoms with Crippen molar-refractivity contribution in [3.05, 3.63) is 64.7 Å². The van der Waals surface area contributed by atoms with Crippen molar-refractivity contribution in [1.82, 2.24) is 4.90 Å². The third-order valence-corrected chi connectivity index (χ3v) is 5.83. The number of nitrogens with zero attached hydrogens (tertiary/aromatic N) is 1. The number of carboxylic acid groups (broad SMARTS) is 1. The average molecular weight is 424 g/mol. The Hall–Kier alpha value is -2.82. The van der Waals surface area contributed by atoms with Crippen molar-refractivity contribution in [2.24, 2.45) is 5.92 Å². The molecule has 1 heterocycles. The molecular weight excluding hydrogens is 390 g/mol. The van der Waals surface area contributed by atoms with Crippen molar-refractivity contribution in [2.45, 2.75) is 59.0 Å². The molecule has 0 bridgehead atoms. The van der Waals surface area contributed by atoms with Crippen molar-refractivity contribution in [1.29, 1.82) is 0 Å². The lowest BCUT2D eigenvalue weighted by molar-refractivity contribution is -0.137. The van der Waals surface area contributed by atoms with Gasteiger partial charge in [-0.25, -0.2) is 0 Å². The van der Waals surface area contributed by atoms with E-state index >= 15 is 0 Å². The van der Waals surface area contributed by atoms with Crippen LogP contribution in [0.25, 0.3) is 0 Å². The van der Waals surface area contributed by atoms with Gasteiger partial charge in [-0.15, -0.1) is 0 Å². The molecule has 3 rings (SSSR count). The summed E-state index contributed by atoms with van der Waals surface area (Å²) >= 11 is 0. The number of ether oxygens (including phenoxy) is 1. The molecular formula is C26H33NO4. The molecule has 5 nitrogen and oxygen atoms in total. The SMILES string of the molecule is CCc1ccc(C[C@@]2(C)Cc3cc(C(=O)N(CCC(C)C)CC(=O)O)ccc3O2)cc1. The van der Waals surface area contributed by atoms with Gasteiger partial charge < -0.3 is 14.7 Å². The Morgan fingerprint density at radius 2 is 1.81 bits per heavy atom. The predicted molar refractivity (Wildman–Crippen MR) is 122 cm³/mol. The van der Waals surface area contributed by atoms with Crippen LogP contribution < -0.4 is 4.74 Å². The first kappa shape index (κ1) is 22.9. The molecule has 0 saturated heterocycles. The van der Waals surface area contributed by atoms with Gasteiger partial charge in [0.15, 0.2) is 0 Å². The first-order valence-corrected chi connectivity index (χ1v) is 11.1. The number of aliphatic carboxylic acids is 1. The highest BCUT2D eigenvalue weighted by atomic mass is 16.5. The standard InChI is InChI=1S/C26H33NO4/c1-5-19-6-8-20(9-7-19)15-26(4)16-22-14-21(10-11-23(22)31-26)25(30)27(17-24(28)29)13-12-18(2)3/h6-11,14,18H,5,12-13,15-17H2,1-4H3,(H,28,29)/t26-/m0/s1. The molecule has 0 aromatic heterocycles. The minimum Gasteiger partial charge on any atom is -0.487 e. The summed E-state index contributed by atoms with van der Waals surface area (Å²) in [6.45, 7) is 8.51. The predicted octanol–water partition coefficient (Wildman–Crippen LogP) is 4.76. The summed E-state index contributed by atoms with van der Waals surface area (Å²) in [6, 6.07) is 14.1. The number of carbonyl (C=O) groups excluding carboxylic acids is 1. The summed E-state index contributed by atoms with van der Waals surface area (Å²) in [6.07, 6.45) is 3.28. The van der Waals surface area contributed by atoms with E-state index < -0.39 is 5.97 Å². The highest BCUT2D eigenvalue weighted by Crippen LogP contribution is 2.37. The Kier molecular flexibility index (Phi) is 7.04. The Morgan fingerprint density at radius 1 is 1.13 bits per heavy atom. The van der Waals surface area contributed by atoms with E-state index in [9.17, 15) is 14.7 Å². The van der Waals surface area contributed by atoms with Crippen LogP contribution in [0.5, 0.6) is 5.75 Å². The first-order chi connectivity index (χ1) is 14.7. The van der Waals surface area contributed by atoms with Gasteiger partial charge in [0.25, 0.3) is 5.91 Å². The minimum absolute atomic E-state index is 0.241. The number of fused-ring (bicyclic) bond motifs is 1. The molecule has 166 valence electrons. The monoisotopic (exact) mass is 423 g/mol. The van der Waals surface area contributed by atoms with Gasteiger partial charge in [-0.05, 0) is 60.6 Å². The van der Waals surface area contributed by atoms with Gasteiger partial charge in [-0.1, -0.05) is 45.0 Å². The van der Waals surface area contributed by atoms with Crippen molar-refractivity contribution in [3.8, 4) is 5.75 Å². The molecule has 5 heteroatoms. The molecule has 0 spiro atoms. The minimum atomic E-state index is -0.997. The van der Waals surface area contributed by atoms with E-state index in [4.69, 9.17) is 4.74 Å². The van der Waals surface area contributed by atoms with Crippen LogP contribution in [0.2, 0.25) is 0 Å². The van der Waals surface area contributed by atoms with Gasteiger partial charge in [0.05, 0.1) is 0 Å². The van der Waals surface area contributed by atoms with Crippen LogP contribution in [-0.2, 0) is 24.1 Å².